The largest absolute Gasteiger partial charge is 0.416 e. The molecule has 1 aromatic carbocycles. The lowest BCUT2D eigenvalue weighted by Crippen LogP contribution is -2.42. The van der Waals surface area contributed by atoms with E-state index in [0.717, 1.165) is 12.1 Å². The van der Waals surface area contributed by atoms with E-state index in [0.29, 0.717) is 25.9 Å². The monoisotopic (exact) mass is 343 g/mol. The highest BCUT2D eigenvalue weighted by Gasteiger charge is 2.56. The Morgan fingerprint density at radius 2 is 1.88 bits per heavy atom. The van der Waals surface area contributed by atoms with E-state index < -0.39 is 23.1 Å². The molecule has 1 aliphatic carbocycles. The van der Waals surface area contributed by atoms with E-state index in [2.05, 4.69) is 10.6 Å². The van der Waals surface area contributed by atoms with Gasteiger partial charge in [-0.15, -0.1) is 0 Å². The van der Waals surface area contributed by atoms with Crippen molar-refractivity contribution < 1.29 is 22.8 Å². The van der Waals surface area contributed by atoms with Crippen LogP contribution in [0.1, 0.15) is 18.4 Å². The number of alkyl halides is 3. The zero-order valence-electron chi connectivity index (χ0n) is 13.5. The first kappa shape index (κ1) is 18.3. The lowest BCUT2D eigenvalue weighted by Gasteiger charge is -2.17. The second-order valence-corrected chi connectivity index (χ2v) is 6.17. The molecule has 0 bridgehead atoms. The molecule has 5 nitrogen and oxygen atoms in total. The third-order valence-corrected chi connectivity index (χ3v) is 3.91. The number of hydrogen-bond donors (Lipinski definition) is 2. The minimum atomic E-state index is -4.48. The fourth-order valence-corrected chi connectivity index (χ4v) is 2.27. The predicted octanol–water partition coefficient (Wildman–Crippen LogP) is 2.10. The molecule has 0 spiro atoms. The van der Waals surface area contributed by atoms with Crippen LogP contribution in [0.4, 0.5) is 18.9 Å². The normalized spacial score (nSPS) is 15.9. The van der Waals surface area contributed by atoms with Crippen molar-refractivity contribution >= 4 is 17.5 Å². The molecule has 2 N–H and O–H groups in total. The molecule has 0 radical (unpaired) electrons. The molecule has 0 heterocycles. The maximum absolute atomic E-state index is 12.7. The highest BCUT2D eigenvalue weighted by molar-refractivity contribution is 6.13. The molecule has 1 fully saturated rings. The van der Waals surface area contributed by atoms with E-state index >= 15 is 0 Å². The minimum absolute atomic E-state index is 0.0298. The molecule has 0 aromatic heterocycles. The minimum Gasteiger partial charge on any atom is -0.354 e. The second kappa shape index (κ2) is 6.80. The van der Waals surface area contributed by atoms with Crippen LogP contribution in [0.2, 0.25) is 0 Å². The molecule has 24 heavy (non-hydrogen) atoms. The topological polar surface area (TPSA) is 61.4 Å². The number of halogens is 3. The van der Waals surface area contributed by atoms with Crippen LogP contribution in [-0.4, -0.2) is 43.9 Å². The number of hydrogen-bond acceptors (Lipinski definition) is 3. The zero-order chi connectivity index (χ0) is 18.0. The van der Waals surface area contributed by atoms with Crippen LogP contribution in [0.5, 0.6) is 0 Å². The number of anilines is 1. The van der Waals surface area contributed by atoms with Gasteiger partial charge in [0.05, 0.1) is 5.56 Å². The van der Waals surface area contributed by atoms with Crippen LogP contribution in [0.25, 0.3) is 0 Å². The summed E-state index contributed by atoms with van der Waals surface area (Å²) >= 11 is 0. The Morgan fingerprint density at radius 1 is 1.21 bits per heavy atom. The molecule has 0 saturated heterocycles. The molecule has 132 valence electrons. The molecule has 0 aliphatic heterocycles. The summed E-state index contributed by atoms with van der Waals surface area (Å²) in [6, 6.07) is 4.37. The highest BCUT2D eigenvalue weighted by atomic mass is 19.4. The van der Waals surface area contributed by atoms with Crippen LogP contribution < -0.4 is 10.6 Å². The summed E-state index contributed by atoms with van der Waals surface area (Å²) < 4.78 is 38.1. The van der Waals surface area contributed by atoms with Crippen LogP contribution in [0.3, 0.4) is 0 Å². The Hall–Kier alpha value is -2.09. The van der Waals surface area contributed by atoms with E-state index in [1.165, 1.54) is 12.1 Å². The van der Waals surface area contributed by atoms with E-state index in [4.69, 9.17) is 0 Å². The van der Waals surface area contributed by atoms with Gasteiger partial charge in [-0.3, -0.25) is 9.59 Å². The zero-order valence-corrected chi connectivity index (χ0v) is 13.5. The quantitative estimate of drug-likeness (QED) is 0.778. The number of carbonyl (C=O) groups excluding carboxylic acids is 2. The van der Waals surface area contributed by atoms with E-state index in [1.807, 2.05) is 19.0 Å². The number of likely N-dealkylation sites (N-methyl/N-ethyl adjacent to an activating group) is 1. The second-order valence-electron chi connectivity index (χ2n) is 6.17. The van der Waals surface area contributed by atoms with Crippen molar-refractivity contribution in [1.29, 1.82) is 0 Å². The van der Waals surface area contributed by atoms with Crippen molar-refractivity contribution in [3.63, 3.8) is 0 Å². The average Bonchev–Trinajstić information content (AvgIpc) is 3.28. The van der Waals surface area contributed by atoms with E-state index in [-0.39, 0.29) is 11.6 Å². The summed E-state index contributed by atoms with van der Waals surface area (Å²) in [5, 5.41) is 5.12. The molecule has 0 atom stereocenters. The van der Waals surface area contributed by atoms with Gasteiger partial charge in [-0.2, -0.15) is 13.2 Å². The summed E-state index contributed by atoms with van der Waals surface area (Å²) in [4.78, 5) is 26.4. The van der Waals surface area contributed by atoms with Crippen molar-refractivity contribution in [2.24, 2.45) is 5.41 Å². The van der Waals surface area contributed by atoms with Gasteiger partial charge in [0.25, 0.3) is 0 Å². The summed E-state index contributed by atoms with van der Waals surface area (Å²) in [5.41, 5.74) is -1.98. The van der Waals surface area contributed by atoms with Crippen molar-refractivity contribution in [3.8, 4) is 0 Å². The summed E-state index contributed by atoms with van der Waals surface area (Å²) in [7, 11) is 3.72. The van der Waals surface area contributed by atoms with E-state index in [9.17, 15) is 22.8 Å². The summed E-state index contributed by atoms with van der Waals surface area (Å²) in [6.07, 6.45) is -3.70. The van der Waals surface area contributed by atoms with E-state index in [1.54, 1.807) is 0 Å². The summed E-state index contributed by atoms with van der Waals surface area (Å²) in [5.74, 6) is -0.946. The molecule has 2 rings (SSSR count). The molecule has 1 aliphatic rings. The first-order valence-electron chi connectivity index (χ1n) is 7.57. The van der Waals surface area contributed by atoms with Gasteiger partial charge in [-0.25, -0.2) is 0 Å². The van der Waals surface area contributed by atoms with Gasteiger partial charge in [-0.1, -0.05) is 6.07 Å². The Labute approximate surface area is 138 Å². The third-order valence-electron chi connectivity index (χ3n) is 3.91. The number of nitrogens with zero attached hydrogens (tertiary/aromatic N) is 1. The van der Waals surface area contributed by atoms with Gasteiger partial charge in [0.2, 0.25) is 11.8 Å². The van der Waals surface area contributed by atoms with Crippen molar-refractivity contribution in [3.05, 3.63) is 29.8 Å². The Balaban J connectivity index is 2.00. The van der Waals surface area contributed by atoms with Gasteiger partial charge in [0.1, 0.15) is 5.41 Å². The van der Waals surface area contributed by atoms with Crippen LogP contribution in [0, 0.1) is 5.41 Å². The molecule has 1 aromatic rings. The van der Waals surface area contributed by atoms with Crippen molar-refractivity contribution in [1.82, 2.24) is 10.2 Å². The van der Waals surface area contributed by atoms with Crippen molar-refractivity contribution in [2.45, 2.75) is 19.0 Å². The molecule has 2 amide bonds. The fourth-order valence-electron chi connectivity index (χ4n) is 2.27. The maximum atomic E-state index is 12.7. The maximum Gasteiger partial charge on any atom is 0.416 e. The highest BCUT2D eigenvalue weighted by Crippen LogP contribution is 2.47. The molecular formula is C16H20F3N3O2. The molecular weight excluding hydrogens is 323 g/mol. The van der Waals surface area contributed by atoms with Gasteiger partial charge < -0.3 is 15.5 Å². The average molecular weight is 343 g/mol. The molecule has 8 heteroatoms. The predicted molar refractivity (Wildman–Crippen MR) is 83.3 cm³/mol. The number of nitrogens with one attached hydrogen (secondary N) is 2. The van der Waals surface area contributed by atoms with Crippen LogP contribution in [-0.2, 0) is 15.8 Å². The Kier molecular flexibility index (Phi) is 5.17. The Bertz CT molecular complexity index is 625. The molecule has 1 saturated carbocycles. The first-order valence-corrected chi connectivity index (χ1v) is 7.57. The smallest absolute Gasteiger partial charge is 0.354 e. The first-order chi connectivity index (χ1) is 11.1. The molecule has 0 unspecified atom stereocenters. The lowest BCUT2D eigenvalue weighted by atomic mass is 10.0. The number of benzene rings is 1. The van der Waals surface area contributed by atoms with Crippen LogP contribution in [0.15, 0.2) is 24.3 Å². The standard InChI is InChI=1S/C16H20F3N3O2/c1-22(2)9-8-20-13(23)15(6-7-15)14(24)21-12-5-3-4-11(10-12)16(17,18)19/h3-5,10H,6-9H2,1-2H3,(H,20,23)(H,21,24). The number of amides is 2. The van der Waals surface area contributed by atoms with Gasteiger partial charge in [0, 0.05) is 18.8 Å². The SMILES string of the molecule is CN(C)CCNC(=O)C1(C(=O)Nc2cccc(C(F)(F)F)c2)CC1. The van der Waals surface area contributed by atoms with Gasteiger partial charge >= 0.3 is 6.18 Å². The number of rotatable bonds is 6. The lowest BCUT2D eigenvalue weighted by molar-refractivity contribution is -0.138. The summed E-state index contributed by atoms with van der Waals surface area (Å²) in [6.45, 7) is 1.04. The fraction of sp³-hybridized carbons (Fsp3) is 0.500. The van der Waals surface area contributed by atoms with Gasteiger partial charge in [0.15, 0.2) is 0 Å². The third kappa shape index (κ3) is 4.25. The van der Waals surface area contributed by atoms with Crippen molar-refractivity contribution in [2.75, 3.05) is 32.5 Å². The van der Waals surface area contributed by atoms with Gasteiger partial charge in [-0.05, 0) is 45.1 Å². The number of carbonyl (C=O) groups is 2. The van der Waals surface area contributed by atoms with Crippen LogP contribution >= 0.6 is 0 Å². The Morgan fingerprint density at radius 3 is 2.42 bits per heavy atom.